The molecule has 1 amide bonds. The number of aryl methyl sites for hydroxylation is 1. The van der Waals surface area contributed by atoms with Crippen LogP contribution in [-0.2, 0) is 26.6 Å². The first-order valence-corrected chi connectivity index (χ1v) is 11.6. The van der Waals surface area contributed by atoms with E-state index in [1.165, 1.54) is 4.88 Å². The van der Waals surface area contributed by atoms with Gasteiger partial charge >= 0.3 is 0 Å². The maximum absolute atomic E-state index is 12.9. The van der Waals surface area contributed by atoms with Crippen LogP contribution in [0.1, 0.15) is 51.1 Å². The Hall–Kier alpha value is -2.78. The van der Waals surface area contributed by atoms with Crippen molar-refractivity contribution in [3.05, 3.63) is 67.8 Å². The minimum atomic E-state index is -0.0356. The predicted octanol–water partition coefficient (Wildman–Crippen LogP) is 2.14. The molecule has 1 fully saturated rings. The topological polar surface area (TPSA) is 87.1 Å². The van der Waals surface area contributed by atoms with Crippen molar-refractivity contribution in [3.8, 4) is 0 Å². The molecule has 3 aromatic heterocycles. The third kappa shape index (κ3) is 4.20. The standard InChI is InChI=1S/C22H26N6O2S/c1-26-11-16(10-23-26)22(30)28-7-2-4-15(12-28)20-24-19-6-8-27(13-17-5-3-9-31-17)14-18(19)21(29)25-20/h3,5,9-11,15H,2,4,6-8,12-14H2,1H3,(H,24,25,29)/t15-/m0/s1. The van der Waals surface area contributed by atoms with Crippen LogP contribution in [0.4, 0.5) is 0 Å². The molecule has 2 aliphatic rings. The van der Waals surface area contributed by atoms with Gasteiger partial charge in [0.2, 0.25) is 0 Å². The third-order valence-corrected chi connectivity index (χ3v) is 7.03. The molecule has 162 valence electrons. The fourth-order valence-electron chi connectivity index (χ4n) is 4.55. The molecular formula is C22H26N6O2S. The lowest BCUT2D eigenvalue weighted by molar-refractivity contribution is 0.0704. The normalized spacial score (nSPS) is 19.4. The Bertz CT molecular complexity index is 1140. The van der Waals surface area contributed by atoms with Crippen LogP contribution >= 0.6 is 11.3 Å². The molecule has 9 heteroatoms. The van der Waals surface area contributed by atoms with Gasteiger partial charge in [-0.05, 0) is 24.3 Å². The van der Waals surface area contributed by atoms with Crippen molar-refractivity contribution in [1.29, 1.82) is 0 Å². The number of amides is 1. The number of nitrogens with zero attached hydrogens (tertiary/aromatic N) is 5. The highest BCUT2D eigenvalue weighted by Gasteiger charge is 2.29. The number of carbonyl (C=O) groups is 1. The summed E-state index contributed by atoms with van der Waals surface area (Å²) in [6.07, 6.45) is 5.94. The number of nitrogens with one attached hydrogen (secondary N) is 1. The van der Waals surface area contributed by atoms with Crippen molar-refractivity contribution >= 4 is 17.2 Å². The van der Waals surface area contributed by atoms with Gasteiger partial charge in [-0.3, -0.25) is 19.2 Å². The molecule has 1 saturated heterocycles. The summed E-state index contributed by atoms with van der Waals surface area (Å²) in [5.41, 5.74) is 2.26. The van der Waals surface area contributed by atoms with Crippen LogP contribution in [0, 0.1) is 0 Å². The highest BCUT2D eigenvalue weighted by molar-refractivity contribution is 7.09. The van der Waals surface area contributed by atoms with Crippen LogP contribution in [0.3, 0.4) is 0 Å². The van der Waals surface area contributed by atoms with Crippen molar-refractivity contribution < 1.29 is 4.79 Å². The summed E-state index contributed by atoms with van der Waals surface area (Å²) in [5.74, 6) is 0.762. The minimum Gasteiger partial charge on any atom is -0.338 e. The molecule has 2 aliphatic heterocycles. The van der Waals surface area contributed by atoms with E-state index in [2.05, 4.69) is 32.5 Å². The van der Waals surface area contributed by atoms with Gasteiger partial charge in [-0.1, -0.05) is 6.07 Å². The Labute approximate surface area is 184 Å². The fourth-order valence-corrected chi connectivity index (χ4v) is 5.30. The Balaban J connectivity index is 1.31. The highest BCUT2D eigenvalue weighted by atomic mass is 32.1. The smallest absolute Gasteiger partial charge is 0.257 e. The lowest BCUT2D eigenvalue weighted by Crippen LogP contribution is -2.41. The van der Waals surface area contributed by atoms with E-state index in [4.69, 9.17) is 4.98 Å². The zero-order chi connectivity index (χ0) is 21.4. The number of H-pyrrole nitrogens is 1. The van der Waals surface area contributed by atoms with Gasteiger partial charge in [0.25, 0.3) is 11.5 Å². The van der Waals surface area contributed by atoms with E-state index in [1.54, 1.807) is 35.5 Å². The van der Waals surface area contributed by atoms with Crippen molar-refractivity contribution in [1.82, 2.24) is 29.5 Å². The summed E-state index contributed by atoms with van der Waals surface area (Å²) < 4.78 is 1.64. The van der Waals surface area contributed by atoms with Crippen molar-refractivity contribution in [2.24, 2.45) is 7.05 Å². The fraction of sp³-hybridized carbons (Fsp3) is 0.455. The summed E-state index contributed by atoms with van der Waals surface area (Å²) >= 11 is 1.74. The quantitative estimate of drug-likeness (QED) is 0.674. The zero-order valence-electron chi connectivity index (χ0n) is 17.6. The molecule has 3 aromatic rings. The van der Waals surface area contributed by atoms with Crippen molar-refractivity contribution in [3.63, 3.8) is 0 Å². The number of hydrogen-bond donors (Lipinski definition) is 1. The number of rotatable bonds is 4. The molecule has 5 rings (SSSR count). The van der Waals surface area contributed by atoms with E-state index in [0.29, 0.717) is 18.7 Å². The predicted molar refractivity (Wildman–Crippen MR) is 118 cm³/mol. The first-order valence-electron chi connectivity index (χ1n) is 10.7. The summed E-state index contributed by atoms with van der Waals surface area (Å²) in [4.78, 5) is 39.1. The largest absolute Gasteiger partial charge is 0.338 e. The SMILES string of the molecule is Cn1cc(C(=O)N2CCC[C@H](c3nc4c(c(=O)[nH]3)CN(Cc3cccs3)CC4)C2)cn1. The van der Waals surface area contributed by atoms with Gasteiger partial charge in [0, 0.05) is 63.2 Å². The molecule has 1 atom stereocenters. The molecule has 0 aromatic carbocycles. The van der Waals surface area contributed by atoms with E-state index >= 15 is 0 Å². The molecule has 0 radical (unpaired) electrons. The van der Waals surface area contributed by atoms with Gasteiger partial charge < -0.3 is 9.88 Å². The molecule has 0 unspecified atom stereocenters. The summed E-state index contributed by atoms with van der Waals surface area (Å²) in [5, 5.41) is 6.19. The number of aromatic nitrogens is 4. The Kier molecular flexibility index (Phi) is 5.45. The average Bonchev–Trinajstić information content (AvgIpc) is 3.45. The maximum atomic E-state index is 12.9. The number of hydrogen-bond acceptors (Lipinski definition) is 6. The lowest BCUT2D eigenvalue weighted by atomic mass is 9.96. The van der Waals surface area contributed by atoms with Crippen LogP contribution in [0.15, 0.2) is 34.7 Å². The highest BCUT2D eigenvalue weighted by Crippen LogP contribution is 2.26. The van der Waals surface area contributed by atoms with Gasteiger partial charge in [-0.25, -0.2) is 4.98 Å². The van der Waals surface area contributed by atoms with Gasteiger partial charge in [0.15, 0.2) is 0 Å². The van der Waals surface area contributed by atoms with E-state index in [0.717, 1.165) is 56.0 Å². The molecule has 8 nitrogen and oxygen atoms in total. The van der Waals surface area contributed by atoms with Crippen LogP contribution < -0.4 is 5.56 Å². The first kappa shape index (κ1) is 20.1. The van der Waals surface area contributed by atoms with E-state index in [1.807, 2.05) is 4.90 Å². The second kappa shape index (κ2) is 8.39. The maximum Gasteiger partial charge on any atom is 0.257 e. The second-order valence-corrected chi connectivity index (χ2v) is 9.44. The Morgan fingerprint density at radius 2 is 2.26 bits per heavy atom. The van der Waals surface area contributed by atoms with Crippen molar-refractivity contribution in [2.75, 3.05) is 19.6 Å². The number of carbonyl (C=O) groups excluding carboxylic acids is 1. The lowest BCUT2D eigenvalue weighted by Gasteiger charge is -2.33. The third-order valence-electron chi connectivity index (χ3n) is 6.17. The van der Waals surface area contributed by atoms with Crippen LogP contribution in [-0.4, -0.2) is 55.1 Å². The number of likely N-dealkylation sites (tertiary alicyclic amines) is 1. The average molecular weight is 439 g/mol. The molecule has 0 bridgehead atoms. The number of fused-ring (bicyclic) bond motifs is 1. The molecule has 31 heavy (non-hydrogen) atoms. The van der Waals surface area contributed by atoms with Crippen LogP contribution in [0.5, 0.6) is 0 Å². The van der Waals surface area contributed by atoms with Crippen molar-refractivity contribution in [2.45, 2.75) is 38.3 Å². The van der Waals surface area contributed by atoms with E-state index in [9.17, 15) is 9.59 Å². The number of thiophene rings is 1. The van der Waals surface area contributed by atoms with Gasteiger partial charge in [0.05, 0.1) is 23.0 Å². The monoisotopic (exact) mass is 438 g/mol. The first-order chi connectivity index (χ1) is 15.1. The van der Waals surface area contributed by atoms with E-state index in [-0.39, 0.29) is 17.4 Å². The van der Waals surface area contributed by atoms with Gasteiger partial charge in [0.1, 0.15) is 5.82 Å². The summed E-state index contributed by atoms with van der Waals surface area (Å²) in [6.45, 7) is 3.69. The molecule has 5 heterocycles. The van der Waals surface area contributed by atoms with Crippen LogP contribution in [0.2, 0.25) is 0 Å². The zero-order valence-corrected chi connectivity index (χ0v) is 18.4. The van der Waals surface area contributed by atoms with Gasteiger partial charge in [-0.15, -0.1) is 11.3 Å². The summed E-state index contributed by atoms with van der Waals surface area (Å²) in [7, 11) is 1.80. The van der Waals surface area contributed by atoms with E-state index < -0.39 is 0 Å². The van der Waals surface area contributed by atoms with Gasteiger partial charge in [-0.2, -0.15) is 5.10 Å². The molecule has 1 N–H and O–H groups in total. The number of aromatic amines is 1. The summed E-state index contributed by atoms with van der Waals surface area (Å²) in [6, 6.07) is 4.19. The Morgan fingerprint density at radius 1 is 1.35 bits per heavy atom. The molecule has 0 spiro atoms. The Morgan fingerprint density at radius 3 is 3.03 bits per heavy atom. The molecular weight excluding hydrogens is 412 g/mol. The molecule has 0 saturated carbocycles. The number of piperidine rings is 1. The second-order valence-electron chi connectivity index (χ2n) is 8.41. The minimum absolute atomic E-state index is 0.0117. The molecule has 0 aliphatic carbocycles. The van der Waals surface area contributed by atoms with Crippen LogP contribution in [0.25, 0.3) is 0 Å².